The Kier molecular flexibility index (Phi) is 4.23. The molecule has 0 amide bonds. The molecule has 2 nitrogen and oxygen atoms in total. The predicted octanol–water partition coefficient (Wildman–Crippen LogP) is 5.44. The van der Waals surface area contributed by atoms with Crippen molar-refractivity contribution in [3.63, 3.8) is 0 Å². The van der Waals surface area contributed by atoms with Crippen molar-refractivity contribution in [1.82, 2.24) is 0 Å². The summed E-state index contributed by atoms with van der Waals surface area (Å²) in [6.07, 6.45) is 10.7. The number of methoxy groups -OCH3 is 1. The van der Waals surface area contributed by atoms with E-state index in [9.17, 15) is 4.79 Å². The number of carbonyl (C=O) groups excluding carboxylic acids is 1. The molecule has 0 radical (unpaired) electrons. The average Bonchev–Trinajstić information content (AvgIpc) is 2.53. The molecule has 128 valence electrons. The monoisotopic (exact) mass is 316 g/mol. The molecule has 0 saturated heterocycles. The highest BCUT2D eigenvalue weighted by Crippen LogP contribution is 2.63. The molecular formula is C21H32O2. The number of ether oxygens (including phenoxy) is 1. The van der Waals surface area contributed by atoms with Gasteiger partial charge in [0.25, 0.3) is 0 Å². The van der Waals surface area contributed by atoms with Crippen LogP contribution in [0.5, 0.6) is 0 Å². The maximum absolute atomic E-state index is 12.5. The number of allylic oxidation sites excluding steroid dienone is 4. The van der Waals surface area contributed by atoms with Crippen LogP contribution in [0.4, 0.5) is 0 Å². The van der Waals surface area contributed by atoms with Crippen LogP contribution in [0.1, 0.15) is 72.6 Å². The van der Waals surface area contributed by atoms with Crippen LogP contribution in [0.3, 0.4) is 0 Å². The van der Waals surface area contributed by atoms with E-state index >= 15 is 0 Å². The molecule has 0 aromatic carbocycles. The van der Waals surface area contributed by atoms with Crippen molar-refractivity contribution in [2.24, 2.45) is 22.7 Å². The Labute approximate surface area is 141 Å². The topological polar surface area (TPSA) is 26.3 Å². The van der Waals surface area contributed by atoms with E-state index in [1.54, 1.807) is 18.3 Å². The summed E-state index contributed by atoms with van der Waals surface area (Å²) in [6, 6.07) is 0. The third kappa shape index (κ3) is 2.49. The summed E-state index contributed by atoms with van der Waals surface area (Å²) in [6.45, 7) is 9.09. The first-order chi connectivity index (χ1) is 10.8. The number of hydrogen-bond acceptors (Lipinski definition) is 2. The Bertz CT molecular complexity index is 566. The number of rotatable bonds is 1. The van der Waals surface area contributed by atoms with E-state index in [0.717, 1.165) is 25.7 Å². The Morgan fingerprint density at radius 2 is 1.91 bits per heavy atom. The van der Waals surface area contributed by atoms with Gasteiger partial charge in [0.1, 0.15) is 0 Å². The second-order valence-corrected chi connectivity index (χ2v) is 8.70. The van der Waals surface area contributed by atoms with E-state index in [2.05, 4.69) is 33.8 Å². The van der Waals surface area contributed by atoms with Gasteiger partial charge in [-0.15, -0.1) is 0 Å². The minimum atomic E-state index is -0.288. The maximum atomic E-state index is 12.5. The molecule has 4 atom stereocenters. The Morgan fingerprint density at radius 3 is 2.57 bits per heavy atom. The maximum Gasteiger partial charge on any atom is 0.311 e. The molecule has 0 heterocycles. The summed E-state index contributed by atoms with van der Waals surface area (Å²) in [7, 11) is 1.55. The molecule has 0 spiro atoms. The van der Waals surface area contributed by atoms with Crippen molar-refractivity contribution in [1.29, 1.82) is 0 Å². The standard InChI is InChI=1S/C21H32O2/c1-14(2)15-7-9-17-16(13-15)8-10-18-20(17,3)11-6-12-21(18,4)19(22)23-5/h13,17-18H,6-12H2,1-5H3/t17-,18+,20+,21+/m1/s1. The largest absolute Gasteiger partial charge is 0.469 e. The third-order valence-corrected chi connectivity index (χ3v) is 7.30. The average molecular weight is 316 g/mol. The number of carbonyl (C=O) groups is 1. The number of fused-ring (bicyclic) bond motifs is 3. The summed E-state index contributed by atoms with van der Waals surface area (Å²) in [5.74, 6) is 1.14. The van der Waals surface area contributed by atoms with Gasteiger partial charge in [-0.05, 0) is 82.1 Å². The van der Waals surface area contributed by atoms with Crippen molar-refractivity contribution in [2.45, 2.75) is 72.6 Å². The molecule has 0 aromatic rings. The van der Waals surface area contributed by atoms with Gasteiger partial charge in [0.15, 0.2) is 0 Å². The van der Waals surface area contributed by atoms with Crippen LogP contribution in [0.15, 0.2) is 22.8 Å². The van der Waals surface area contributed by atoms with Gasteiger partial charge in [0.2, 0.25) is 0 Å². The van der Waals surface area contributed by atoms with Crippen LogP contribution < -0.4 is 0 Å². The molecule has 3 rings (SSSR count). The number of esters is 1. The molecule has 3 aliphatic carbocycles. The molecule has 2 heteroatoms. The fourth-order valence-corrected chi connectivity index (χ4v) is 6.04. The highest BCUT2D eigenvalue weighted by molar-refractivity contribution is 5.77. The van der Waals surface area contributed by atoms with Crippen molar-refractivity contribution >= 4 is 5.97 Å². The lowest BCUT2D eigenvalue weighted by Crippen LogP contribution is -2.54. The highest BCUT2D eigenvalue weighted by atomic mass is 16.5. The quantitative estimate of drug-likeness (QED) is 0.602. The summed E-state index contributed by atoms with van der Waals surface area (Å²) in [4.78, 5) is 12.5. The van der Waals surface area contributed by atoms with E-state index in [1.807, 2.05) is 0 Å². The van der Waals surface area contributed by atoms with Gasteiger partial charge in [-0.1, -0.05) is 30.6 Å². The van der Waals surface area contributed by atoms with Crippen LogP contribution >= 0.6 is 0 Å². The normalized spacial score (nSPS) is 39.9. The summed E-state index contributed by atoms with van der Waals surface area (Å²) >= 11 is 0. The van der Waals surface area contributed by atoms with E-state index < -0.39 is 0 Å². The lowest BCUT2D eigenvalue weighted by atomic mass is 9.46. The van der Waals surface area contributed by atoms with Crippen molar-refractivity contribution in [3.05, 3.63) is 22.8 Å². The predicted molar refractivity (Wildman–Crippen MR) is 94.0 cm³/mol. The van der Waals surface area contributed by atoms with Gasteiger partial charge < -0.3 is 4.74 Å². The molecule has 2 fully saturated rings. The zero-order valence-corrected chi connectivity index (χ0v) is 15.5. The van der Waals surface area contributed by atoms with Gasteiger partial charge >= 0.3 is 5.97 Å². The van der Waals surface area contributed by atoms with Crippen LogP contribution in [-0.4, -0.2) is 13.1 Å². The van der Waals surface area contributed by atoms with E-state index in [-0.39, 0.29) is 16.8 Å². The SMILES string of the molecule is COC(=O)[C@@]1(C)CCC[C@@]2(C)[C@@H]3CCC(=C(C)C)C=C3CC[C@@H]21. The molecule has 0 N–H and O–H groups in total. The van der Waals surface area contributed by atoms with Crippen LogP contribution in [0, 0.1) is 22.7 Å². The zero-order chi connectivity index (χ0) is 16.8. The lowest BCUT2D eigenvalue weighted by Gasteiger charge is -2.58. The van der Waals surface area contributed by atoms with Crippen LogP contribution in [-0.2, 0) is 9.53 Å². The fraction of sp³-hybridized carbons (Fsp3) is 0.762. The van der Waals surface area contributed by atoms with Gasteiger partial charge in [-0.3, -0.25) is 4.79 Å². The molecule has 0 bridgehead atoms. The van der Waals surface area contributed by atoms with Crippen LogP contribution in [0.25, 0.3) is 0 Å². The van der Waals surface area contributed by atoms with E-state index in [1.165, 1.54) is 24.8 Å². The lowest BCUT2D eigenvalue weighted by molar-refractivity contribution is -0.168. The van der Waals surface area contributed by atoms with Crippen molar-refractivity contribution in [3.8, 4) is 0 Å². The Balaban J connectivity index is 1.98. The molecule has 0 aromatic heterocycles. The Hall–Kier alpha value is -1.05. The molecule has 2 saturated carbocycles. The first-order valence-corrected chi connectivity index (χ1v) is 9.28. The van der Waals surface area contributed by atoms with Crippen LogP contribution in [0.2, 0.25) is 0 Å². The molecule has 3 aliphatic rings. The van der Waals surface area contributed by atoms with E-state index in [0.29, 0.717) is 11.8 Å². The van der Waals surface area contributed by atoms with Gasteiger partial charge in [-0.2, -0.15) is 0 Å². The molecule has 0 unspecified atom stereocenters. The molecule has 0 aliphatic heterocycles. The smallest absolute Gasteiger partial charge is 0.311 e. The minimum Gasteiger partial charge on any atom is -0.469 e. The molecule has 23 heavy (non-hydrogen) atoms. The minimum absolute atomic E-state index is 0.0154. The fourth-order valence-electron chi connectivity index (χ4n) is 6.04. The first-order valence-electron chi connectivity index (χ1n) is 9.28. The third-order valence-electron chi connectivity index (χ3n) is 7.30. The van der Waals surface area contributed by atoms with Crippen molar-refractivity contribution < 1.29 is 9.53 Å². The van der Waals surface area contributed by atoms with Crippen molar-refractivity contribution in [2.75, 3.05) is 7.11 Å². The highest BCUT2D eigenvalue weighted by Gasteiger charge is 2.58. The summed E-state index contributed by atoms with van der Waals surface area (Å²) < 4.78 is 5.21. The Morgan fingerprint density at radius 1 is 1.17 bits per heavy atom. The number of hydrogen-bond donors (Lipinski definition) is 0. The van der Waals surface area contributed by atoms with E-state index in [4.69, 9.17) is 4.74 Å². The molecular weight excluding hydrogens is 284 g/mol. The zero-order valence-electron chi connectivity index (χ0n) is 15.5. The second kappa shape index (κ2) is 5.79. The van der Waals surface area contributed by atoms with Gasteiger partial charge in [-0.25, -0.2) is 0 Å². The van der Waals surface area contributed by atoms with Gasteiger partial charge in [0.05, 0.1) is 12.5 Å². The first kappa shape index (κ1) is 16.8. The van der Waals surface area contributed by atoms with Gasteiger partial charge in [0, 0.05) is 0 Å². The second-order valence-electron chi connectivity index (χ2n) is 8.70. The summed E-state index contributed by atoms with van der Waals surface area (Å²) in [5.41, 5.74) is 4.64. The summed E-state index contributed by atoms with van der Waals surface area (Å²) in [5, 5.41) is 0.